The monoisotopic (exact) mass is 263 g/mol. The minimum atomic E-state index is 0.208. The molecule has 1 aliphatic rings. The number of hydrogen-bond donors (Lipinski definition) is 1. The van der Waals surface area contributed by atoms with Crippen LogP contribution >= 0.6 is 0 Å². The van der Waals surface area contributed by atoms with E-state index in [2.05, 4.69) is 47.8 Å². The topological polar surface area (TPSA) is 39.6 Å². The smallest absolute Gasteiger partial charge is 0.0599 e. The van der Waals surface area contributed by atoms with E-state index in [1.807, 2.05) is 12.4 Å². The zero-order valence-electron chi connectivity index (χ0n) is 12.2. The standard InChI is InChI=1S/C15H25N3O/c1-15(2)11-17(3)9-14(10-19)18(12-15)8-13-4-6-16-7-5-13/h4-7,14,19H,8-12H2,1-3H3. The number of nitrogens with zero attached hydrogens (tertiary/aromatic N) is 3. The van der Waals surface area contributed by atoms with E-state index in [4.69, 9.17) is 0 Å². The lowest BCUT2D eigenvalue weighted by molar-refractivity contribution is 0.0979. The number of aromatic nitrogens is 1. The first kappa shape index (κ1) is 14.4. The second-order valence-electron chi connectivity index (χ2n) is 6.46. The molecule has 0 radical (unpaired) electrons. The van der Waals surface area contributed by atoms with E-state index in [0.29, 0.717) is 0 Å². The summed E-state index contributed by atoms with van der Waals surface area (Å²) in [7, 11) is 2.14. The van der Waals surface area contributed by atoms with Crippen LogP contribution in [0.1, 0.15) is 19.4 Å². The summed E-state index contributed by atoms with van der Waals surface area (Å²) >= 11 is 0. The Morgan fingerprint density at radius 2 is 2.00 bits per heavy atom. The Hall–Kier alpha value is -0.970. The molecule has 0 aromatic carbocycles. The lowest BCUT2D eigenvalue weighted by atomic mass is 9.92. The van der Waals surface area contributed by atoms with E-state index < -0.39 is 0 Å². The molecule has 0 bridgehead atoms. The van der Waals surface area contributed by atoms with Crippen molar-refractivity contribution < 1.29 is 5.11 Å². The summed E-state index contributed by atoms with van der Waals surface area (Å²) in [6.45, 7) is 8.67. The molecule has 0 saturated carbocycles. The first-order valence-electron chi connectivity index (χ1n) is 6.92. The van der Waals surface area contributed by atoms with Crippen molar-refractivity contribution in [1.82, 2.24) is 14.8 Å². The van der Waals surface area contributed by atoms with Gasteiger partial charge in [-0.3, -0.25) is 9.88 Å². The Bertz CT molecular complexity index is 394. The first-order valence-corrected chi connectivity index (χ1v) is 6.92. The molecule has 1 N–H and O–H groups in total. The molecule has 1 fully saturated rings. The van der Waals surface area contributed by atoms with Gasteiger partial charge in [0.2, 0.25) is 0 Å². The van der Waals surface area contributed by atoms with Crippen molar-refractivity contribution in [3.8, 4) is 0 Å². The maximum absolute atomic E-state index is 9.67. The number of hydrogen-bond acceptors (Lipinski definition) is 4. The van der Waals surface area contributed by atoms with Gasteiger partial charge in [0.15, 0.2) is 0 Å². The molecule has 1 atom stereocenters. The van der Waals surface area contributed by atoms with Crippen molar-refractivity contribution in [3.05, 3.63) is 30.1 Å². The van der Waals surface area contributed by atoms with Crippen LogP contribution in [0.2, 0.25) is 0 Å². The van der Waals surface area contributed by atoms with Crippen LogP contribution in [0, 0.1) is 5.41 Å². The van der Waals surface area contributed by atoms with Crippen molar-refractivity contribution in [2.24, 2.45) is 5.41 Å². The van der Waals surface area contributed by atoms with Gasteiger partial charge >= 0.3 is 0 Å². The summed E-state index contributed by atoms with van der Waals surface area (Å²) < 4.78 is 0. The predicted molar refractivity (Wildman–Crippen MR) is 76.8 cm³/mol. The highest BCUT2D eigenvalue weighted by Crippen LogP contribution is 2.25. The Balaban J connectivity index is 2.14. The molecule has 106 valence electrons. The van der Waals surface area contributed by atoms with Gasteiger partial charge in [-0.25, -0.2) is 0 Å². The number of aliphatic hydroxyl groups excluding tert-OH is 1. The third kappa shape index (κ3) is 4.00. The lowest BCUT2D eigenvalue weighted by Gasteiger charge is -2.33. The normalized spacial score (nSPS) is 25.2. The van der Waals surface area contributed by atoms with E-state index in [1.165, 1.54) is 5.56 Å². The van der Waals surface area contributed by atoms with Crippen molar-refractivity contribution >= 4 is 0 Å². The number of likely N-dealkylation sites (N-methyl/N-ethyl adjacent to an activating group) is 1. The summed E-state index contributed by atoms with van der Waals surface area (Å²) in [4.78, 5) is 8.79. The average molecular weight is 263 g/mol. The van der Waals surface area contributed by atoms with E-state index in [1.54, 1.807) is 0 Å². The van der Waals surface area contributed by atoms with Crippen LogP contribution in [0.15, 0.2) is 24.5 Å². The molecule has 19 heavy (non-hydrogen) atoms. The van der Waals surface area contributed by atoms with Gasteiger partial charge < -0.3 is 10.0 Å². The molecule has 1 aromatic heterocycles. The number of rotatable bonds is 3. The highest BCUT2D eigenvalue weighted by Gasteiger charge is 2.32. The summed E-state index contributed by atoms with van der Waals surface area (Å²) in [6, 6.07) is 4.31. The van der Waals surface area contributed by atoms with Crippen molar-refractivity contribution in [1.29, 1.82) is 0 Å². The highest BCUT2D eigenvalue weighted by molar-refractivity contribution is 5.10. The molecule has 1 aliphatic heterocycles. The van der Waals surface area contributed by atoms with Gasteiger partial charge in [0.1, 0.15) is 0 Å². The molecule has 4 nitrogen and oxygen atoms in total. The van der Waals surface area contributed by atoms with E-state index in [0.717, 1.165) is 26.2 Å². The zero-order valence-corrected chi connectivity index (χ0v) is 12.2. The maximum atomic E-state index is 9.67. The van der Waals surface area contributed by atoms with Crippen LogP contribution in [0.25, 0.3) is 0 Å². The SMILES string of the molecule is CN1CC(CO)N(Cc2ccncc2)CC(C)(C)C1. The fourth-order valence-corrected chi connectivity index (χ4v) is 3.08. The molecule has 1 unspecified atom stereocenters. The molecule has 1 aromatic rings. The van der Waals surface area contributed by atoms with Gasteiger partial charge in [-0.15, -0.1) is 0 Å². The van der Waals surface area contributed by atoms with E-state index in [9.17, 15) is 5.11 Å². The lowest BCUT2D eigenvalue weighted by Crippen LogP contribution is -2.43. The second-order valence-corrected chi connectivity index (χ2v) is 6.46. The molecule has 1 saturated heterocycles. The van der Waals surface area contributed by atoms with Crippen LogP contribution in [0.4, 0.5) is 0 Å². The van der Waals surface area contributed by atoms with Crippen LogP contribution in [0.5, 0.6) is 0 Å². The molecule has 2 rings (SSSR count). The van der Waals surface area contributed by atoms with Gasteiger partial charge in [0.05, 0.1) is 6.61 Å². The van der Waals surface area contributed by atoms with Gasteiger partial charge in [0.25, 0.3) is 0 Å². The summed E-state index contributed by atoms with van der Waals surface area (Å²) in [5.41, 5.74) is 1.50. The number of pyridine rings is 1. The largest absolute Gasteiger partial charge is 0.395 e. The van der Waals surface area contributed by atoms with Crippen molar-refractivity contribution in [2.45, 2.75) is 26.4 Å². The maximum Gasteiger partial charge on any atom is 0.0599 e. The van der Waals surface area contributed by atoms with Crippen molar-refractivity contribution in [2.75, 3.05) is 33.3 Å². The first-order chi connectivity index (χ1) is 9.00. The van der Waals surface area contributed by atoms with Gasteiger partial charge in [-0.05, 0) is 30.2 Å². The zero-order chi connectivity index (χ0) is 13.9. The minimum absolute atomic E-state index is 0.208. The van der Waals surface area contributed by atoms with Gasteiger partial charge in [-0.1, -0.05) is 13.8 Å². The third-order valence-electron chi connectivity index (χ3n) is 3.71. The fourth-order valence-electron chi connectivity index (χ4n) is 3.08. The quantitative estimate of drug-likeness (QED) is 0.890. The number of aliphatic hydroxyl groups is 1. The Kier molecular flexibility index (Phi) is 4.55. The second kappa shape index (κ2) is 5.99. The summed E-state index contributed by atoms with van der Waals surface area (Å²) in [5.74, 6) is 0. The Morgan fingerprint density at radius 3 is 2.63 bits per heavy atom. The Morgan fingerprint density at radius 1 is 1.32 bits per heavy atom. The molecule has 4 heteroatoms. The van der Waals surface area contributed by atoms with E-state index in [-0.39, 0.29) is 18.1 Å². The molecule has 0 aliphatic carbocycles. The van der Waals surface area contributed by atoms with Crippen LogP contribution < -0.4 is 0 Å². The fraction of sp³-hybridized carbons (Fsp3) is 0.667. The molecule has 0 spiro atoms. The highest BCUT2D eigenvalue weighted by atomic mass is 16.3. The molecule has 2 heterocycles. The minimum Gasteiger partial charge on any atom is -0.395 e. The van der Waals surface area contributed by atoms with E-state index >= 15 is 0 Å². The Labute approximate surface area is 116 Å². The van der Waals surface area contributed by atoms with Gasteiger partial charge in [-0.2, -0.15) is 0 Å². The predicted octanol–water partition coefficient (Wildman–Crippen LogP) is 1.22. The average Bonchev–Trinajstić information content (AvgIpc) is 2.45. The third-order valence-corrected chi connectivity index (χ3v) is 3.71. The molecular weight excluding hydrogens is 238 g/mol. The van der Waals surface area contributed by atoms with Crippen LogP contribution in [0.3, 0.4) is 0 Å². The van der Waals surface area contributed by atoms with Crippen LogP contribution in [-0.4, -0.2) is 59.2 Å². The van der Waals surface area contributed by atoms with Crippen LogP contribution in [-0.2, 0) is 6.54 Å². The van der Waals surface area contributed by atoms with Gasteiger partial charge in [0, 0.05) is 44.6 Å². The van der Waals surface area contributed by atoms with Crippen molar-refractivity contribution in [3.63, 3.8) is 0 Å². The summed E-state index contributed by atoms with van der Waals surface area (Å²) in [5, 5.41) is 9.67. The molecular formula is C15H25N3O. The summed E-state index contributed by atoms with van der Waals surface area (Å²) in [6.07, 6.45) is 3.66. The molecule has 0 amide bonds.